The lowest BCUT2D eigenvalue weighted by Gasteiger charge is -2.40. The van der Waals surface area contributed by atoms with E-state index in [-0.39, 0.29) is 11.2 Å². The van der Waals surface area contributed by atoms with Crippen molar-refractivity contribution in [2.45, 2.75) is 63.8 Å². The van der Waals surface area contributed by atoms with Gasteiger partial charge in [-0.25, -0.2) is 0 Å². The summed E-state index contributed by atoms with van der Waals surface area (Å²) < 4.78 is 17.4. The predicted molar refractivity (Wildman–Crippen MR) is 96.0 cm³/mol. The Hall–Kier alpha value is -0.885. The highest BCUT2D eigenvalue weighted by molar-refractivity contribution is 6.60. The summed E-state index contributed by atoms with van der Waals surface area (Å²) >= 11 is 0. The summed E-state index contributed by atoms with van der Waals surface area (Å²) in [5.74, 6) is 0. The molecule has 0 unspecified atom stereocenters. The minimum atomic E-state index is -0.448. The number of ether oxygens (including phenoxy) is 1. The number of nitrogens with two attached hydrogens (primary N) is 1. The van der Waals surface area contributed by atoms with Crippen molar-refractivity contribution in [1.82, 2.24) is 4.90 Å². The van der Waals surface area contributed by atoms with Crippen LogP contribution >= 0.6 is 0 Å². The van der Waals surface area contributed by atoms with Gasteiger partial charge in [0.15, 0.2) is 0 Å². The Kier molecular flexibility index (Phi) is 5.07. The first-order chi connectivity index (χ1) is 11.3. The number of hydrogen-bond donors (Lipinski definition) is 1. The SMILES string of the molecule is CC1(C)OB(C(C=NC2CCN(C3COC3)CC2)=CN)OC1(C)C. The highest BCUT2D eigenvalue weighted by Gasteiger charge is 2.52. The van der Waals surface area contributed by atoms with Gasteiger partial charge in [-0.2, -0.15) is 0 Å². The summed E-state index contributed by atoms with van der Waals surface area (Å²) in [6, 6.07) is 0.971. The van der Waals surface area contributed by atoms with Crippen LogP contribution < -0.4 is 5.73 Å². The minimum absolute atomic E-state index is 0.347. The van der Waals surface area contributed by atoms with Gasteiger partial charge in [0.1, 0.15) is 0 Å². The lowest BCUT2D eigenvalue weighted by Crippen LogP contribution is -2.52. The summed E-state index contributed by atoms with van der Waals surface area (Å²) in [6.07, 6.45) is 5.55. The molecule has 6 nitrogen and oxygen atoms in total. The molecular weight excluding hydrogens is 305 g/mol. The first-order valence-electron chi connectivity index (χ1n) is 8.95. The van der Waals surface area contributed by atoms with Crippen LogP contribution in [-0.2, 0) is 14.0 Å². The van der Waals surface area contributed by atoms with Crippen molar-refractivity contribution in [3.8, 4) is 0 Å². The molecular formula is C17H30BN3O3. The van der Waals surface area contributed by atoms with Crippen molar-refractivity contribution in [2.24, 2.45) is 10.7 Å². The van der Waals surface area contributed by atoms with E-state index in [0.717, 1.165) is 44.6 Å². The summed E-state index contributed by atoms with van der Waals surface area (Å²) in [5, 5.41) is 0. The Bertz CT molecular complexity index is 493. The van der Waals surface area contributed by atoms with Crippen molar-refractivity contribution in [3.05, 3.63) is 11.7 Å². The molecule has 0 aliphatic carbocycles. The van der Waals surface area contributed by atoms with Crippen LogP contribution in [-0.4, -0.2) is 67.8 Å². The van der Waals surface area contributed by atoms with Gasteiger partial charge in [-0.3, -0.25) is 9.89 Å². The number of likely N-dealkylation sites (tertiary alicyclic amines) is 1. The first kappa shape index (κ1) is 17.9. The summed E-state index contributed by atoms with van der Waals surface area (Å²) in [5.41, 5.74) is 5.86. The van der Waals surface area contributed by atoms with Gasteiger partial charge in [-0.15, -0.1) is 0 Å². The molecule has 0 aromatic carbocycles. The van der Waals surface area contributed by atoms with Gasteiger partial charge in [0, 0.05) is 24.8 Å². The smallest absolute Gasteiger partial charge is 0.405 e. The average Bonchev–Trinajstić information content (AvgIpc) is 2.68. The average molecular weight is 335 g/mol. The standard InChI is InChI=1S/C17H30BN3O3/c1-16(2)17(3,4)24-18(23-16)13(9-19)10-20-14-5-7-21(8-6-14)15-11-22-12-15/h9-10,14-15H,5-8,11-12,19H2,1-4H3. The molecule has 0 bridgehead atoms. The third-order valence-corrected chi connectivity index (χ3v) is 5.79. The van der Waals surface area contributed by atoms with Crippen LogP contribution in [0.15, 0.2) is 16.7 Å². The molecule has 3 fully saturated rings. The molecule has 2 N–H and O–H groups in total. The molecule has 134 valence electrons. The molecule has 0 saturated carbocycles. The Morgan fingerprint density at radius 3 is 2.17 bits per heavy atom. The van der Waals surface area contributed by atoms with E-state index in [1.54, 1.807) is 6.20 Å². The molecule has 0 spiro atoms. The Morgan fingerprint density at radius 2 is 1.71 bits per heavy atom. The van der Waals surface area contributed by atoms with Crippen LogP contribution in [0.4, 0.5) is 0 Å². The Morgan fingerprint density at radius 1 is 1.12 bits per heavy atom. The maximum atomic E-state index is 6.04. The van der Waals surface area contributed by atoms with E-state index in [1.165, 1.54) is 0 Å². The van der Waals surface area contributed by atoms with E-state index in [1.807, 2.05) is 33.9 Å². The number of nitrogens with zero attached hydrogens (tertiary/aromatic N) is 2. The predicted octanol–water partition coefficient (Wildman–Crippen LogP) is 1.39. The molecule has 0 aromatic heterocycles. The van der Waals surface area contributed by atoms with E-state index in [0.29, 0.717) is 12.1 Å². The van der Waals surface area contributed by atoms with E-state index in [9.17, 15) is 0 Å². The summed E-state index contributed by atoms with van der Waals surface area (Å²) in [6.45, 7) is 12.1. The fourth-order valence-electron chi connectivity index (χ4n) is 3.19. The first-order valence-corrected chi connectivity index (χ1v) is 8.95. The molecule has 3 aliphatic heterocycles. The van der Waals surface area contributed by atoms with Gasteiger partial charge in [-0.05, 0) is 46.7 Å². The van der Waals surface area contributed by atoms with Gasteiger partial charge >= 0.3 is 7.12 Å². The molecule has 0 aromatic rings. The second-order valence-corrected chi connectivity index (χ2v) is 7.99. The van der Waals surface area contributed by atoms with Crippen molar-refractivity contribution in [2.75, 3.05) is 26.3 Å². The fourth-order valence-corrected chi connectivity index (χ4v) is 3.19. The van der Waals surface area contributed by atoms with Crippen molar-refractivity contribution >= 4 is 13.3 Å². The molecule has 3 aliphatic rings. The monoisotopic (exact) mass is 335 g/mol. The van der Waals surface area contributed by atoms with E-state index in [4.69, 9.17) is 24.8 Å². The zero-order valence-electron chi connectivity index (χ0n) is 15.3. The summed E-state index contributed by atoms with van der Waals surface area (Å²) in [4.78, 5) is 7.26. The van der Waals surface area contributed by atoms with Crippen LogP contribution in [0, 0.1) is 0 Å². The number of rotatable bonds is 4. The third kappa shape index (κ3) is 3.54. The second kappa shape index (κ2) is 6.79. The topological polar surface area (TPSA) is 69.3 Å². The van der Waals surface area contributed by atoms with E-state index >= 15 is 0 Å². The lowest BCUT2D eigenvalue weighted by molar-refractivity contribution is -0.0709. The number of allylic oxidation sites excluding steroid dienone is 1. The Labute approximate surface area is 145 Å². The minimum Gasteiger partial charge on any atom is -0.405 e. The van der Waals surface area contributed by atoms with Gasteiger partial charge in [0.25, 0.3) is 0 Å². The highest BCUT2D eigenvalue weighted by atomic mass is 16.7. The van der Waals surface area contributed by atoms with Gasteiger partial charge < -0.3 is 19.8 Å². The van der Waals surface area contributed by atoms with Crippen LogP contribution in [0.25, 0.3) is 0 Å². The number of aliphatic imine (C=N–C) groups is 1. The van der Waals surface area contributed by atoms with Crippen molar-refractivity contribution < 1.29 is 14.0 Å². The quantitative estimate of drug-likeness (QED) is 0.621. The summed E-state index contributed by atoms with van der Waals surface area (Å²) in [7, 11) is -0.448. The second-order valence-electron chi connectivity index (χ2n) is 7.99. The number of hydrogen-bond acceptors (Lipinski definition) is 6. The maximum absolute atomic E-state index is 6.04. The van der Waals surface area contributed by atoms with Crippen molar-refractivity contribution in [3.63, 3.8) is 0 Å². The molecule has 7 heteroatoms. The van der Waals surface area contributed by atoms with Crippen LogP contribution in [0.3, 0.4) is 0 Å². The van der Waals surface area contributed by atoms with Crippen LogP contribution in [0.1, 0.15) is 40.5 Å². The Balaban J connectivity index is 1.54. The molecule has 3 heterocycles. The molecule has 0 amide bonds. The van der Waals surface area contributed by atoms with Crippen molar-refractivity contribution in [1.29, 1.82) is 0 Å². The lowest BCUT2D eigenvalue weighted by atomic mass is 9.79. The number of piperidine rings is 1. The highest BCUT2D eigenvalue weighted by Crippen LogP contribution is 2.38. The largest absolute Gasteiger partial charge is 0.497 e. The maximum Gasteiger partial charge on any atom is 0.497 e. The zero-order valence-corrected chi connectivity index (χ0v) is 15.3. The van der Waals surface area contributed by atoms with Gasteiger partial charge in [-0.1, -0.05) is 0 Å². The fraction of sp³-hybridized carbons (Fsp3) is 0.824. The van der Waals surface area contributed by atoms with Crippen LogP contribution in [0.5, 0.6) is 0 Å². The van der Waals surface area contributed by atoms with Gasteiger partial charge in [0.05, 0.1) is 36.5 Å². The molecule has 3 saturated heterocycles. The normalized spacial score (nSPS) is 29.3. The van der Waals surface area contributed by atoms with E-state index in [2.05, 4.69) is 4.90 Å². The molecule has 24 heavy (non-hydrogen) atoms. The van der Waals surface area contributed by atoms with E-state index < -0.39 is 7.12 Å². The van der Waals surface area contributed by atoms with Gasteiger partial charge in [0.2, 0.25) is 0 Å². The molecule has 3 rings (SSSR count). The zero-order chi connectivity index (χ0) is 17.4. The molecule has 0 atom stereocenters. The van der Waals surface area contributed by atoms with Crippen LogP contribution in [0.2, 0.25) is 0 Å². The molecule has 0 radical (unpaired) electrons. The third-order valence-electron chi connectivity index (χ3n) is 5.79.